The minimum atomic E-state index is -3.62. The second kappa shape index (κ2) is 12.7. The molecule has 1 aliphatic heterocycles. The second-order valence-electron chi connectivity index (χ2n) is 9.53. The van der Waals surface area contributed by atoms with E-state index in [2.05, 4.69) is 34.7 Å². The van der Waals surface area contributed by atoms with Crippen LogP contribution in [0.25, 0.3) is 0 Å². The zero-order chi connectivity index (χ0) is 26.3. The summed E-state index contributed by atoms with van der Waals surface area (Å²) >= 11 is 5.02. The van der Waals surface area contributed by atoms with Gasteiger partial charge in [-0.05, 0) is 56.4 Å². The number of allylic oxidation sites excluding steroid dienone is 1. The van der Waals surface area contributed by atoms with E-state index in [9.17, 15) is 13.2 Å². The Hall–Kier alpha value is -1.77. The molecule has 0 radical (unpaired) electrons. The summed E-state index contributed by atoms with van der Waals surface area (Å²) in [6, 6.07) is 11.6. The van der Waals surface area contributed by atoms with Crippen LogP contribution in [-0.2, 0) is 14.6 Å². The molecule has 36 heavy (non-hydrogen) atoms. The third-order valence-corrected chi connectivity index (χ3v) is 9.90. The fraction of sp³-hybridized carbons (Fsp3) is 0.464. The Morgan fingerprint density at radius 2 is 1.78 bits per heavy atom. The number of benzene rings is 2. The number of ketones is 1. The molecular weight excluding hydrogens is 558 g/mol. The summed E-state index contributed by atoms with van der Waals surface area (Å²) in [5, 5.41) is 0. The first-order chi connectivity index (χ1) is 17.1. The van der Waals surface area contributed by atoms with E-state index in [1.54, 1.807) is 6.07 Å². The molecule has 0 spiro atoms. The van der Waals surface area contributed by atoms with Gasteiger partial charge in [-0.2, -0.15) is 0 Å². The van der Waals surface area contributed by atoms with Crippen LogP contribution in [0.15, 0.2) is 63.0 Å². The Balaban J connectivity index is 2.24. The Morgan fingerprint density at radius 3 is 2.33 bits per heavy atom. The number of carbonyl (C=O) groups excluding carboxylic acids is 1. The van der Waals surface area contributed by atoms with Gasteiger partial charge < -0.3 is 9.64 Å². The first-order valence-corrected chi connectivity index (χ1v) is 16.1. The number of sulfone groups is 1. The summed E-state index contributed by atoms with van der Waals surface area (Å²) in [5.41, 5.74) is 1.29. The lowest BCUT2D eigenvalue weighted by atomic mass is 9.79. The van der Waals surface area contributed by atoms with Crippen LogP contribution in [-0.4, -0.2) is 32.8 Å². The predicted octanol–water partition coefficient (Wildman–Crippen LogP) is 7.94. The van der Waals surface area contributed by atoms with Crippen LogP contribution in [0.4, 0.5) is 11.4 Å². The average Bonchev–Trinajstić information content (AvgIpc) is 2.93. The van der Waals surface area contributed by atoms with Crippen molar-refractivity contribution in [1.29, 1.82) is 0 Å². The van der Waals surface area contributed by atoms with Crippen LogP contribution < -0.4 is 9.64 Å². The summed E-state index contributed by atoms with van der Waals surface area (Å²) in [6.07, 6.45) is 10.4. The van der Waals surface area contributed by atoms with Crippen molar-refractivity contribution >= 4 is 54.7 Å². The van der Waals surface area contributed by atoms with E-state index in [4.69, 9.17) is 4.74 Å². The summed E-state index contributed by atoms with van der Waals surface area (Å²) in [4.78, 5) is 14.6. The molecule has 0 N–H and O–H groups in total. The van der Waals surface area contributed by atoms with Crippen molar-refractivity contribution < 1.29 is 17.9 Å². The number of rotatable bonds is 11. The summed E-state index contributed by atoms with van der Waals surface area (Å²) in [7, 11) is -3.62. The van der Waals surface area contributed by atoms with Crippen LogP contribution in [0.3, 0.4) is 0 Å². The third-order valence-electron chi connectivity index (χ3n) is 6.62. The van der Waals surface area contributed by atoms with Crippen molar-refractivity contribution in [3.8, 4) is 5.75 Å². The van der Waals surface area contributed by atoms with Gasteiger partial charge in [-0.1, -0.05) is 55.5 Å². The van der Waals surface area contributed by atoms with Crippen molar-refractivity contribution in [3.05, 3.63) is 53.2 Å². The predicted molar refractivity (Wildman–Crippen MR) is 153 cm³/mol. The number of fused-ring (bicyclic) bond motifs is 1. The van der Waals surface area contributed by atoms with Gasteiger partial charge in [0.1, 0.15) is 5.75 Å². The molecule has 196 valence electrons. The van der Waals surface area contributed by atoms with E-state index < -0.39 is 9.84 Å². The Morgan fingerprint density at radius 1 is 1.14 bits per heavy atom. The molecular formula is C28H36BrNO4S2. The summed E-state index contributed by atoms with van der Waals surface area (Å²) in [6.45, 7) is 6.39. The van der Waals surface area contributed by atoms with Crippen molar-refractivity contribution in [2.24, 2.45) is 5.41 Å². The minimum absolute atomic E-state index is 0.112. The third kappa shape index (κ3) is 6.95. The van der Waals surface area contributed by atoms with Crippen molar-refractivity contribution in [2.45, 2.75) is 69.1 Å². The van der Waals surface area contributed by atoms with E-state index in [0.717, 1.165) is 53.6 Å². The molecule has 8 heteroatoms. The zero-order valence-corrected chi connectivity index (χ0v) is 24.8. The Kier molecular flexibility index (Phi) is 10.1. The molecule has 2 aromatic rings. The number of anilines is 2. The van der Waals surface area contributed by atoms with E-state index >= 15 is 0 Å². The molecule has 0 amide bonds. The normalized spacial score (nSPS) is 16.5. The first kappa shape index (κ1) is 28.8. The van der Waals surface area contributed by atoms with Gasteiger partial charge in [-0.3, -0.25) is 4.79 Å². The van der Waals surface area contributed by atoms with Crippen LogP contribution in [0.5, 0.6) is 5.75 Å². The van der Waals surface area contributed by atoms with Gasteiger partial charge in [-0.25, -0.2) is 8.42 Å². The summed E-state index contributed by atoms with van der Waals surface area (Å²) < 4.78 is 34.8. The number of hydrogen-bond acceptors (Lipinski definition) is 6. The van der Waals surface area contributed by atoms with Crippen LogP contribution in [0.1, 0.15) is 59.3 Å². The molecule has 5 nitrogen and oxygen atoms in total. The molecule has 0 saturated carbocycles. The number of halogens is 1. The van der Waals surface area contributed by atoms with Gasteiger partial charge in [0.25, 0.3) is 0 Å². The van der Waals surface area contributed by atoms with E-state index in [-0.39, 0.29) is 21.8 Å². The monoisotopic (exact) mass is 593 g/mol. The SMILES string of the molecule is CCCCC1(CCCC)CN(c2ccc(Br)cc2)c2cc(SC)c(O/C=C/C(C)=O)cc2S(=O)(=O)C1. The van der Waals surface area contributed by atoms with Crippen molar-refractivity contribution in [3.63, 3.8) is 0 Å². The Bertz CT molecular complexity index is 1180. The van der Waals surface area contributed by atoms with Gasteiger partial charge in [-0.15, -0.1) is 11.8 Å². The van der Waals surface area contributed by atoms with Gasteiger partial charge in [0.2, 0.25) is 0 Å². The number of unbranched alkanes of at least 4 members (excludes halogenated alkanes) is 2. The second-order valence-corrected chi connectivity index (χ2v) is 13.3. The maximum atomic E-state index is 14.0. The highest BCUT2D eigenvalue weighted by Gasteiger charge is 2.42. The molecule has 1 aliphatic rings. The molecule has 0 bridgehead atoms. The van der Waals surface area contributed by atoms with E-state index in [0.29, 0.717) is 18.0 Å². The molecule has 2 aromatic carbocycles. The van der Waals surface area contributed by atoms with Gasteiger partial charge in [0, 0.05) is 34.3 Å². The number of ether oxygens (including phenoxy) is 1. The number of carbonyl (C=O) groups is 1. The molecule has 1 heterocycles. The van der Waals surface area contributed by atoms with Crippen LogP contribution in [0, 0.1) is 5.41 Å². The quantitative estimate of drug-likeness (QED) is 0.150. The fourth-order valence-corrected chi connectivity index (χ4v) is 7.69. The minimum Gasteiger partial charge on any atom is -0.464 e. The lowest BCUT2D eigenvalue weighted by Crippen LogP contribution is -2.38. The van der Waals surface area contributed by atoms with E-state index in [1.807, 2.05) is 36.6 Å². The maximum absolute atomic E-state index is 14.0. The standard InChI is InChI=1S/C28H36BrNO4S2/c1-5-7-14-28(15-8-6-2)19-30(23-11-9-22(29)10-12-23)24-17-26(35-4)25(34-16-13-21(3)31)18-27(24)36(32,33)20-28/h9-13,16-18H,5-8,14-15,19-20H2,1-4H3/b16-13+. The number of hydrogen-bond donors (Lipinski definition) is 0. The van der Waals surface area contributed by atoms with Gasteiger partial charge in [0.05, 0.1) is 27.5 Å². The average molecular weight is 595 g/mol. The van der Waals surface area contributed by atoms with Crippen LogP contribution >= 0.6 is 27.7 Å². The smallest absolute Gasteiger partial charge is 0.181 e. The lowest BCUT2D eigenvalue weighted by molar-refractivity contribution is -0.112. The fourth-order valence-electron chi connectivity index (χ4n) is 4.77. The first-order valence-electron chi connectivity index (χ1n) is 12.5. The highest BCUT2D eigenvalue weighted by Crippen LogP contribution is 2.47. The van der Waals surface area contributed by atoms with E-state index in [1.165, 1.54) is 31.0 Å². The molecule has 0 aromatic heterocycles. The van der Waals surface area contributed by atoms with Gasteiger partial charge in [0.15, 0.2) is 15.6 Å². The molecule has 0 atom stereocenters. The van der Waals surface area contributed by atoms with Gasteiger partial charge >= 0.3 is 0 Å². The summed E-state index contributed by atoms with van der Waals surface area (Å²) in [5.74, 6) is 0.412. The maximum Gasteiger partial charge on any atom is 0.181 e. The number of nitrogens with zero attached hydrogens (tertiary/aromatic N) is 1. The van der Waals surface area contributed by atoms with Crippen molar-refractivity contribution in [1.82, 2.24) is 0 Å². The highest BCUT2D eigenvalue weighted by molar-refractivity contribution is 9.10. The Labute approximate surface area is 228 Å². The van der Waals surface area contributed by atoms with Crippen molar-refractivity contribution in [2.75, 3.05) is 23.5 Å². The highest BCUT2D eigenvalue weighted by atomic mass is 79.9. The molecule has 3 rings (SSSR count). The molecule has 0 saturated heterocycles. The molecule has 0 unspecified atom stereocenters. The number of thioether (sulfide) groups is 1. The van der Waals surface area contributed by atoms with Crippen LogP contribution in [0.2, 0.25) is 0 Å². The topological polar surface area (TPSA) is 63.7 Å². The molecule has 0 aliphatic carbocycles. The zero-order valence-electron chi connectivity index (χ0n) is 21.6. The molecule has 0 fully saturated rings. The lowest BCUT2D eigenvalue weighted by Gasteiger charge is -2.37. The largest absolute Gasteiger partial charge is 0.464 e.